The van der Waals surface area contributed by atoms with E-state index in [2.05, 4.69) is 12.0 Å². The van der Waals surface area contributed by atoms with E-state index in [1.165, 1.54) is 5.56 Å². The van der Waals surface area contributed by atoms with Gasteiger partial charge in [0.2, 0.25) is 0 Å². The summed E-state index contributed by atoms with van der Waals surface area (Å²) in [6, 6.07) is 0.288. The predicted molar refractivity (Wildman–Crippen MR) is 51.6 cm³/mol. The molecule has 1 aromatic rings. The highest BCUT2D eigenvalue weighted by Gasteiger charge is 2.05. The topological polar surface area (TPSA) is 53.1 Å². The molecule has 0 radical (unpaired) electrons. The molecule has 0 bridgehead atoms. The van der Waals surface area contributed by atoms with Crippen molar-refractivity contribution in [3.63, 3.8) is 0 Å². The van der Waals surface area contributed by atoms with E-state index in [-0.39, 0.29) is 6.04 Å². The lowest BCUT2D eigenvalue weighted by molar-refractivity contribution is 0.157. The summed E-state index contributed by atoms with van der Waals surface area (Å²) in [6.07, 6.45) is 4.77. The van der Waals surface area contributed by atoms with Gasteiger partial charge in [-0.2, -0.15) is 5.10 Å². The Morgan fingerprint density at radius 3 is 3.08 bits per heavy atom. The smallest absolute Gasteiger partial charge is 0.0724 e. The first kappa shape index (κ1) is 10.2. The van der Waals surface area contributed by atoms with Crippen LogP contribution in [-0.4, -0.2) is 30.0 Å². The lowest BCUT2D eigenvalue weighted by atomic mass is 10.2. The second kappa shape index (κ2) is 4.99. The van der Waals surface area contributed by atoms with Crippen molar-refractivity contribution in [2.75, 3.05) is 20.3 Å². The van der Waals surface area contributed by atoms with Crippen LogP contribution in [0.15, 0.2) is 12.4 Å². The average molecular weight is 183 g/mol. The van der Waals surface area contributed by atoms with Crippen molar-refractivity contribution in [3.05, 3.63) is 18.0 Å². The number of hydrogen-bond donors (Lipinski definition) is 1. The van der Waals surface area contributed by atoms with E-state index in [9.17, 15) is 0 Å². The number of nitrogens with two attached hydrogens (primary N) is 1. The summed E-state index contributed by atoms with van der Waals surface area (Å²) in [7, 11) is 1.70. The van der Waals surface area contributed by atoms with Gasteiger partial charge >= 0.3 is 0 Å². The lowest BCUT2D eigenvalue weighted by Gasteiger charge is -2.09. The second-order valence-corrected chi connectivity index (χ2v) is 3.17. The van der Waals surface area contributed by atoms with Crippen LogP contribution in [0.2, 0.25) is 0 Å². The molecule has 4 nitrogen and oxygen atoms in total. The van der Waals surface area contributed by atoms with Crippen molar-refractivity contribution in [1.29, 1.82) is 0 Å². The first-order valence-electron chi connectivity index (χ1n) is 4.50. The molecule has 1 aromatic heterocycles. The Balaban J connectivity index is 2.56. The van der Waals surface area contributed by atoms with Crippen molar-refractivity contribution in [2.24, 2.45) is 5.73 Å². The van der Waals surface area contributed by atoms with E-state index in [4.69, 9.17) is 10.5 Å². The minimum Gasteiger partial charge on any atom is -0.382 e. The third kappa shape index (κ3) is 2.82. The van der Waals surface area contributed by atoms with Crippen molar-refractivity contribution in [3.8, 4) is 0 Å². The van der Waals surface area contributed by atoms with Gasteiger partial charge in [0.15, 0.2) is 0 Å². The fraction of sp³-hybridized carbons (Fsp3) is 0.667. The van der Waals surface area contributed by atoms with Crippen molar-refractivity contribution < 1.29 is 4.74 Å². The van der Waals surface area contributed by atoms with Gasteiger partial charge in [0, 0.05) is 13.3 Å². The number of rotatable bonds is 5. The highest BCUT2D eigenvalue weighted by atomic mass is 16.5. The van der Waals surface area contributed by atoms with Gasteiger partial charge in [-0.25, -0.2) is 0 Å². The van der Waals surface area contributed by atoms with Crippen molar-refractivity contribution in [2.45, 2.75) is 19.4 Å². The molecule has 1 heterocycles. The zero-order chi connectivity index (χ0) is 9.68. The lowest BCUT2D eigenvalue weighted by Crippen LogP contribution is -2.11. The first-order valence-corrected chi connectivity index (χ1v) is 4.50. The molecule has 1 rings (SSSR count). The van der Waals surface area contributed by atoms with E-state index < -0.39 is 0 Å². The van der Waals surface area contributed by atoms with E-state index in [1.54, 1.807) is 7.11 Å². The molecule has 13 heavy (non-hydrogen) atoms. The maximum absolute atomic E-state index is 5.44. The molecular formula is C9H17N3O. The Kier molecular flexibility index (Phi) is 3.92. The maximum atomic E-state index is 5.44. The Morgan fingerprint density at radius 2 is 2.46 bits per heavy atom. The van der Waals surface area contributed by atoms with Gasteiger partial charge in [0.1, 0.15) is 0 Å². The van der Waals surface area contributed by atoms with E-state index in [0.717, 1.165) is 6.42 Å². The Bertz CT molecular complexity index is 247. The molecule has 4 heteroatoms. The van der Waals surface area contributed by atoms with Crippen LogP contribution in [0.1, 0.15) is 18.5 Å². The van der Waals surface area contributed by atoms with E-state index >= 15 is 0 Å². The highest BCUT2D eigenvalue weighted by molar-refractivity contribution is 5.04. The highest BCUT2D eigenvalue weighted by Crippen LogP contribution is 2.06. The zero-order valence-electron chi connectivity index (χ0n) is 8.23. The number of ether oxygens (including phenoxy) is 1. The summed E-state index contributed by atoms with van der Waals surface area (Å²) in [5.74, 6) is 0. The molecule has 0 aliphatic carbocycles. The van der Waals surface area contributed by atoms with Crippen LogP contribution in [0.5, 0.6) is 0 Å². The van der Waals surface area contributed by atoms with Crippen LogP contribution in [-0.2, 0) is 11.2 Å². The number of methoxy groups -OCH3 is 1. The van der Waals surface area contributed by atoms with Crippen LogP contribution in [0.4, 0.5) is 0 Å². The van der Waals surface area contributed by atoms with Gasteiger partial charge in [-0.05, 0) is 25.5 Å². The van der Waals surface area contributed by atoms with Crippen LogP contribution < -0.4 is 5.73 Å². The summed E-state index contributed by atoms with van der Waals surface area (Å²) in [4.78, 5) is 0. The fourth-order valence-corrected chi connectivity index (χ4v) is 1.23. The second-order valence-electron chi connectivity index (χ2n) is 3.17. The molecule has 0 saturated heterocycles. The number of nitrogens with zero attached hydrogens (tertiary/aromatic N) is 2. The third-order valence-corrected chi connectivity index (χ3v) is 1.95. The minimum atomic E-state index is 0.288. The Labute approximate surface area is 78.7 Å². The quantitative estimate of drug-likeness (QED) is 0.727. The number of hydrogen-bond acceptors (Lipinski definition) is 3. The zero-order valence-corrected chi connectivity index (χ0v) is 8.23. The molecule has 0 aromatic carbocycles. The molecule has 1 unspecified atom stereocenters. The molecule has 0 spiro atoms. The summed E-state index contributed by atoms with van der Waals surface area (Å²) in [6.45, 7) is 3.43. The molecule has 74 valence electrons. The van der Waals surface area contributed by atoms with Gasteiger partial charge in [0.05, 0.1) is 18.8 Å². The molecule has 0 saturated carbocycles. The Hall–Kier alpha value is -0.870. The first-order chi connectivity index (χ1) is 6.27. The largest absolute Gasteiger partial charge is 0.382 e. The molecule has 0 amide bonds. The van der Waals surface area contributed by atoms with Crippen LogP contribution in [0.3, 0.4) is 0 Å². The van der Waals surface area contributed by atoms with E-state index in [0.29, 0.717) is 13.2 Å². The van der Waals surface area contributed by atoms with Gasteiger partial charge in [-0.1, -0.05) is 0 Å². The fourth-order valence-electron chi connectivity index (χ4n) is 1.23. The summed E-state index contributed by atoms with van der Waals surface area (Å²) in [5, 5.41) is 4.23. The monoisotopic (exact) mass is 183 g/mol. The minimum absolute atomic E-state index is 0.288. The third-order valence-electron chi connectivity index (χ3n) is 1.95. The van der Waals surface area contributed by atoms with Crippen molar-refractivity contribution in [1.82, 2.24) is 9.78 Å². The van der Waals surface area contributed by atoms with Gasteiger partial charge in [0.25, 0.3) is 0 Å². The standard InChI is InChI=1S/C9H17N3O/c1-8(7-13-2)12-6-9(3-4-10)5-11-12/h5-6,8H,3-4,7,10H2,1-2H3. The molecule has 0 aliphatic rings. The molecule has 1 atom stereocenters. The van der Waals surface area contributed by atoms with Gasteiger partial charge in [-0.15, -0.1) is 0 Å². The van der Waals surface area contributed by atoms with Gasteiger partial charge in [-0.3, -0.25) is 4.68 Å². The summed E-state index contributed by atoms with van der Waals surface area (Å²) in [5.41, 5.74) is 6.63. The summed E-state index contributed by atoms with van der Waals surface area (Å²) < 4.78 is 6.95. The Morgan fingerprint density at radius 1 is 1.69 bits per heavy atom. The average Bonchev–Trinajstić information content (AvgIpc) is 2.54. The predicted octanol–water partition coefficient (Wildman–Crippen LogP) is 0.592. The molecule has 2 N–H and O–H groups in total. The van der Waals surface area contributed by atoms with Crippen LogP contribution in [0.25, 0.3) is 0 Å². The van der Waals surface area contributed by atoms with E-state index in [1.807, 2.05) is 17.1 Å². The van der Waals surface area contributed by atoms with Crippen LogP contribution in [0, 0.1) is 0 Å². The summed E-state index contributed by atoms with van der Waals surface area (Å²) >= 11 is 0. The van der Waals surface area contributed by atoms with Crippen LogP contribution >= 0.6 is 0 Å². The number of aromatic nitrogens is 2. The van der Waals surface area contributed by atoms with Crippen molar-refractivity contribution >= 4 is 0 Å². The molecule has 0 fully saturated rings. The normalized spacial score (nSPS) is 13.2. The molecular weight excluding hydrogens is 166 g/mol. The maximum Gasteiger partial charge on any atom is 0.0724 e. The molecule has 0 aliphatic heterocycles. The van der Waals surface area contributed by atoms with Gasteiger partial charge < -0.3 is 10.5 Å². The SMILES string of the molecule is COCC(C)n1cc(CCN)cn1.